The zero-order valence-electron chi connectivity index (χ0n) is 4.06. The SMILES string of the molecule is CC([NH])=CC(N)=O. The number of nitrogens with two attached hydrogens (primary N) is 1. The molecule has 1 radical (unpaired) electrons. The van der Waals surface area contributed by atoms with Crippen LogP contribution in [0.5, 0.6) is 0 Å². The Hall–Kier alpha value is -0.990. The van der Waals surface area contributed by atoms with Crippen LogP contribution < -0.4 is 11.5 Å². The highest BCUT2D eigenvalue weighted by Crippen LogP contribution is 1.77. The molecule has 0 aromatic rings. The van der Waals surface area contributed by atoms with E-state index in [0.29, 0.717) is 0 Å². The molecule has 0 spiro atoms. The molecule has 39 valence electrons. The molecule has 0 aliphatic rings. The summed E-state index contributed by atoms with van der Waals surface area (Å²) >= 11 is 0. The lowest BCUT2D eigenvalue weighted by molar-refractivity contribution is -0.113. The van der Waals surface area contributed by atoms with Crippen molar-refractivity contribution < 1.29 is 4.79 Å². The van der Waals surface area contributed by atoms with E-state index in [-0.39, 0.29) is 5.70 Å². The van der Waals surface area contributed by atoms with Crippen molar-refractivity contribution in [3.63, 3.8) is 0 Å². The predicted molar refractivity (Wildman–Crippen MR) is 26.0 cm³/mol. The maximum absolute atomic E-state index is 9.84. The first-order valence-electron chi connectivity index (χ1n) is 1.82. The highest BCUT2D eigenvalue weighted by molar-refractivity contribution is 5.86. The van der Waals surface area contributed by atoms with Gasteiger partial charge in [0.1, 0.15) is 0 Å². The molecule has 0 aromatic carbocycles. The number of allylic oxidation sites excluding steroid dienone is 1. The molecule has 3 nitrogen and oxygen atoms in total. The number of amides is 1. The third-order valence-electron chi connectivity index (χ3n) is 0.359. The Balaban J connectivity index is 3.68. The van der Waals surface area contributed by atoms with E-state index < -0.39 is 5.91 Å². The first kappa shape index (κ1) is 6.01. The Morgan fingerprint density at radius 2 is 2.29 bits per heavy atom. The molecule has 0 aliphatic carbocycles. The van der Waals surface area contributed by atoms with Crippen molar-refractivity contribution in [1.82, 2.24) is 5.73 Å². The van der Waals surface area contributed by atoms with Crippen molar-refractivity contribution in [3.8, 4) is 0 Å². The molecule has 0 unspecified atom stereocenters. The number of nitrogens with one attached hydrogen (secondary N) is 1. The molecule has 0 atom stereocenters. The second-order valence-electron chi connectivity index (χ2n) is 1.23. The number of rotatable bonds is 1. The number of carbonyl (C=O) groups excluding carboxylic acids is 1. The van der Waals surface area contributed by atoms with E-state index in [1.165, 1.54) is 6.92 Å². The van der Waals surface area contributed by atoms with E-state index in [4.69, 9.17) is 5.73 Å². The van der Waals surface area contributed by atoms with Crippen LogP contribution in [0.3, 0.4) is 0 Å². The maximum Gasteiger partial charge on any atom is 0.243 e. The van der Waals surface area contributed by atoms with Gasteiger partial charge >= 0.3 is 0 Å². The summed E-state index contributed by atoms with van der Waals surface area (Å²) in [6.07, 6.45) is 1.06. The summed E-state index contributed by atoms with van der Waals surface area (Å²) in [4.78, 5) is 9.84. The summed E-state index contributed by atoms with van der Waals surface area (Å²) in [7, 11) is 0. The molecule has 0 saturated carbocycles. The molecule has 0 aliphatic heterocycles. The Morgan fingerprint density at radius 1 is 1.86 bits per heavy atom. The van der Waals surface area contributed by atoms with Crippen molar-refractivity contribution in [2.24, 2.45) is 5.73 Å². The molecular weight excluding hydrogens is 92.1 g/mol. The van der Waals surface area contributed by atoms with Gasteiger partial charge in [-0.2, -0.15) is 0 Å². The Labute approximate surface area is 42.0 Å². The summed E-state index contributed by atoms with van der Waals surface area (Å²) in [6, 6.07) is 0. The highest BCUT2D eigenvalue weighted by atomic mass is 16.1. The van der Waals surface area contributed by atoms with Gasteiger partial charge in [-0.1, -0.05) is 0 Å². The van der Waals surface area contributed by atoms with Crippen LogP contribution in [0, 0.1) is 0 Å². The second-order valence-corrected chi connectivity index (χ2v) is 1.23. The molecule has 0 bridgehead atoms. The van der Waals surface area contributed by atoms with E-state index in [9.17, 15) is 4.79 Å². The van der Waals surface area contributed by atoms with Gasteiger partial charge in [-0.3, -0.25) is 4.79 Å². The molecule has 0 heterocycles. The Morgan fingerprint density at radius 3 is 2.29 bits per heavy atom. The van der Waals surface area contributed by atoms with Gasteiger partial charge in [-0.05, 0) is 6.92 Å². The average molecular weight is 99.1 g/mol. The van der Waals surface area contributed by atoms with Crippen LogP contribution in [-0.2, 0) is 4.79 Å². The van der Waals surface area contributed by atoms with Gasteiger partial charge in [0.25, 0.3) is 0 Å². The van der Waals surface area contributed by atoms with E-state index in [0.717, 1.165) is 6.08 Å². The minimum absolute atomic E-state index is 0.188. The average Bonchev–Trinajstić information content (AvgIpc) is 1.27. The van der Waals surface area contributed by atoms with Crippen LogP contribution in [0.15, 0.2) is 11.8 Å². The summed E-state index contributed by atoms with van der Waals surface area (Å²) in [6.45, 7) is 1.49. The molecule has 7 heavy (non-hydrogen) atoms. The third-order valence-corrected chi connectivity index (χ3v) is 0.359. The summed E-state index contributed by atoms with van der Waals surface area (Å²) < 4.78 is 0. The van der Waals surface area contributed by atoms with Crippen LogP contribution in [0.1, 0.15) is 6.92 Å². The number of primary amides is 1. The first-order valence-corrected chi connectivity index (χ1v) is 1.82. The van der Waals surface area contributed by atoms with Crippen molar-refractivity contribution in [3.05, 3.63) is 11.8 Å². The van der Waals surface area contributed by atoms with Crippen molar-refractivity contribution >= 4 is 5.91 Å². The van der Waals surface area contributed by atoms with Gasteiger partial charge in [-0.25, -0.2) is 0 Å². The predicted octanol–water partition coefficient (Wildman–Crippen LogP) is -0.342. The third kappa shape index (κ3) is 5.01. The quantitative estimate of drug-likeness (QED) is 0.449. The number of carbonyl (C=O) groups is 1. The van der Waals surface area contributed by atoms with E-state index in [2.05, 4.69) is 5.73 Å². The molecule has 0 fully saturated rings. The molecule has 0 saturated heterocycles. The number of hydrogen-bond acceptors (Lipinski definition) is 1. The molecule has 3 N–H and O–H groups in total. The summed E-state index contributed by atoms with van der Waals surface area (Å²) in [5.74, 6) is -0.562. The van der Waals surface area contributed by atoms with E-state index >= 15 is 0 Å². The number of hydrogen-bond donors (Lipinski definition) is 1. The van der Waals surface area contributed by atoms with Gasteiger partial charge in [-0.15, -0.1) is 0 Å². The van der Waals surface area contributed by atoms with Crippen molar-refractivity contribution in [2.75, 3.05) is 0 Å². The fraction of sp³-hybridized carbons (Fsp3) is 0.250. The summed E-state index contributed by atoms with van der Waals surface area (Å²) in [5.41, 5.74) is 11.5. The zero-order valence-corrected chi connectivity index (χ0v) is 4.06. The smallest absolute Gasteiger partial charge is 0.243 e. The van der Waals surface area contributed by atoms with Crippen molar-refractivity contribution in [2.45, 2.75) is 6.92 Å². The monoisotopic (exact) mass is 99.1 g/mol. The zero-order chi connectivity index (χ0) is 5.86. The lowest BCUT2D eigenvalue weighted by Crippen LogP contribution is -2.06. The maximum atomic E-state index is 9.84. The van der Waals surface area contributed by atoms with Gasteiger partial charge in [0.05, 0.1) is 0 Å². The second kappa shape index (κ2) is 2.23. The fourth-order valence-corrected chi connectivity index (χ4v) is 0.213. The van der Waals surface area contributed by atoms with Crippen LogP contribution in [-0.4, -0.2) is 5.91 Å². The highest BCUT2D eigenvalue weighted by Gasteiger charge is 1.82. The fourth-order valence-electron chi connectivity index (χ4n) is 0.213. The largest absolute Gasteiger partial charge is 0.366 e. The van der Waals surface area contributed by atoms with Crippen molar-refractivity contribution in [1.29, 1.82) is 0 Å². The van der Waals surface area contributed by atoms with Gasteiger partial charge < -0.3 is 11.5 Å². The van der Waals surface area contributed by atoms with Crippen LogP contribution in [0.4, 0.5) is 0 Å². The van der Waals surface area contributed by atoms with Gasteiger partial charge in [0.15, 0.2) is 0 Å². The lowest BCUT2D eigenvalue weighted by atomic mass is 10.4. The van der Waals surface area contributed by atoms with E-state index in [1.54, 1.807) is 0 Å². The molecule has 1 amide bonds. The Bertz CT molecular complexity index is 102. The lowest BCUT2D eigenvalue weighted by Gasteiger charge is -1.80. The molecule has 0 rings (SSSR count). The molecule has 0 aromatic heterocycles. The van der Waals surface area contributed by atoms with Gasteiger partial charge in [0, 0.05) is 11.8 Å². The minimum atomic E-state index is -0.562. The normalized spacial score (nSPS) is 11.3. The molecular formula is C4H7N2O. The van der Waals surface area contributed by atoms with E-state index in [1.807, 2.05) is 0 Å². The van der Waals surface area contributed by atoms with Crippen LogP contribution in [0.2, 0.25) is 0 Å². The van der Waals surface area contributed by atoms with Gasteiger partial charge in [0.2, 0.25) is 5.91 Å². The topological polar surface area (TPSA) is 66.9 Å². The first-order chi connectivity index (χ1) is 3.13. The Kier molecular flexibility index (Phi) is 1.91. The standard InChI is InChI=1S/C4H7N2O/c1-3(5)2-4(6)7/h2,5H,1H3,(H2,6,7). The summed E-state index contributed by atoms with van der Waals surface area (Å²) in [5, 5.41) is 0. The minimum Gasteiger partial charge on any atom is -0.366 e. The van der Waals surface area contributed by atoms with Crippen LogP contribution >= 0.6 is 0 Å². The molecule has 3 heteroatoms. The van der Waals surface area contributed by atoms with Crippen LogP contribution in [0.25, 0.3) is 0 Å².